The highest BCUT2D eigenvalue weighted by atomic mass is 14.2. The molecule has 0 heterocycles. The maximum atomic E-state index is 2.38. The zero-order valence-electron chi connectivity index (χ0n) is 8.72. The van der Waals surface area contributed by atoms with E-state index in [4.69, 9.17) is 0 Å². The van der Waals surface area contributed by atoms with Gasteiger partial charge in [-0.1, -0.05) is 52.4 Å². The Bertz CT molecular complexity index is 80.0. The summed E-state index contributed by atoms with van der Waals surface area (Å²) in [6, 6.07) is 0. The van der Waals surface area contributed by atoms with Gasteiger partial charge in [0, 0.05) is 0 Å². The van der Waals surface area contributed by atoms with Crippen molar-refractivity contribution in [2.75, 3.05) is 0 Å². The second-order valence-corrected chi connectivity index (χ2v) is 3.73. The van der Waals surface area contributed by atoms with Gasteiger partial charge in [0.25, 0.3) is 0 Å². The molecule has 0 aromatic rings. The SMILES string of the molecule is C[CH-]C(C(C)C)C(CC)CC. The summed E-state index contributed by atoms with van der Waals surface area (Å²) in [5.74, 6) is 2.54. The van der Waals surface area contributed by atoms with Crippen molar-refractivity contribution in [3.05, 3.63) is 6.42 Å². The zero-order chi connectivity index (χ0) is 8.85. The molecule has 0 bridgehead atoms. The summed E-state index contributed by atoms with van der Waals surface area (Å²) in [5.41, 5.74) is 0. The molecular weight excluding hydrogens is 132 g/mol. The molecule has 1 atom stereocenters. The fourth-order valence-corrected chi connectivity index (χ4v) is 2.03. The van der Waals surface area contributed by atoms with E-state index in [1.807, 2.05) is 0 Å². The molecule has 0 amide bonds. The van der Waals surface area contributed by atoms with Gasteiger partial charge in [0.15, 0.2) is 0 Å². The fourth-order valence-electron chi connectivity index (χ4n) is 2.03. The molecule has 0 aliphatic carbocycles. The summed E-state index contributed by atoms with van der Waals surface area (Å²) in [5, 5.41) is 0. The summed E-state index contributed by atoms with van der Waals surface area (Å²) in [6.07, 6.45) is 5.02. The third-order valence-corrected chi connectivity index (χ3v) is 2.75. The van der Waals surface area contributed by atoms with Gasteiger partial charge in [0.1, 0.15) is 0 Å². The van der Waals surface area contributed by atoms with Gasteiger partial charge < -0.3 is 6.42 Å². The lowest BCUT2D eigenvalue weighted by atomic mass is 9.79. The molecular formula is C11H23-. The second-order valence-electron chi connectivity index (χ2n) is 3.73. The normalized spacial score (nSPS) is 14.5. The lowest BCUT2D eigenvalue weighted by Gasteiger charge is -2.35. The molecule has 0 rings (SSSR count). The monoisotopic (exact) mass is 155 g/mol. The van der Waals surface area contributed by atoms with E-state index in [0.29, 0.717) is 0 Å². The standard InChI is InChI=1S/C11H23/c1-6-10(7-2)11(8-3)9(4)5/h8-11H,6-7H2,1-5H3/q-1. The molecule has 1 unspecified atom stereocenters. The van der Waals surface area contributed by atoms with Crippen LogP contribution in [-0.2, 0) is 0 Å². The first-order valence-electron chi connectivity index (χ1n) is 4.96. The van der Waals surface area contributed by atoms with E-state index in [2.05, 4.69) is 41.0 Å². The molecule has 0 saturated heterocycles. The predicted octanol–water partition coefficient (Wildman–Crippen LogP) is 3.92. The largest absolute Gasteiger partial charge is 0.328 e. The van der Waals surface area contributed by atoms with Gasteiger partial charge in [-0.15, -0.1) is 0 Å². The van der Waals surface area contributed by atoms with Crippen LogP contribution in [0.15, 0.2) is 0 Å². The van der Waals surface area contributed by atoms with Gasteiger partial charge in [0.2, 0.25) is 0 Å². The van der Waals surface area contributed by atoms with Crippen LogP contribution in [0.5, 0.6) is 0 Å². The van der Waals surface area contributed by atoms with Crippen LogP contribution in [0.3, 0.4) is 0 Å². The van der Waals surface area contributed by atoms with Crippen molar-refractivity contribution < 1.29 is 0 Å². The maximum Gasteiger partial charge on any atom is -0.0555 e. The van der Waals surface area contributed by atoms with Crippen molar-refractivity contribution in [2.24, 2.45) is 17.8 Å². The average Bonchev–Trinajstić information content (AvgIpc) is 1.99. The first-order chi connectivity index (χ1) is 5.17. The predicted molar refractivity (Wildman–Crippen MR) is 52.4 cm³/mol. The van der Waals surface area contributed by atoms with E-state index >= 15 is 0 Å². The smallest absolute Gasteiger partial charge is 0.0555 e. The first kappa shape index (κ1) is 11.0. The molecule has 0 heteroatoms. The molecule has 0 aliphatic heterocycles. The summed E-state index contributed by atoms with van der Waals surface area (Å²) in [6.45, 7) is 11.4. The molecule has 68 valence electrons. The van der Waals surface area contributed by atoms with Gasteiger partial charge >= 0.3 is 0 Å². The molecule has 0 aliphatic rings. The molecule has 0 aromatic carbocycles. The molecule has 0 radical (unpaired) electrons. The fraction of sp³-hybridized carbons (Fsp3) is 0.909. The number of hydrogen-bond acceptors (Lipinski definition) is 0. The van der Waals surface area contributed by atoms with Crippen molar-refractivity contribution in [1.29, 1.82) is 0 Å². The van der Waals surface area contributed by atoms with E-state index in [0.717, 1.165) is 17.8 Å². The van der Waals surface area contributed by atoms with Gasteiger partial charge in [-0.25, -0.2) is 0 Å². The summed E-state index contributed by atoms with van der Waals surface area (Å²) in [7, 11) is 0. The Labute approximate surface area is 72.4 Å². The number of hydrogen-bond donors (Lipinski definition) is 0. The van der Waals surface area contributed by atoms with Crippen LogP contribution in [0.1, 0.15) is 47.5 Å². The van der Waals surface area contributed by atoms with Crippen LogP contribution in [0.2, 0.25) is 0 Å². The molecule has 11 heavy (non-hydrogen) atoms. The Balaban J connectivity index is 3.98. The van der Waals surface area contributed by atoms with E-state index in [1.54, 1.807) is 0 Å². The van der Waals surface area contributed by atoms with Crippen LogP contribution < -0.4 is 0 Å². The third kappa shape index (κ3) is 3.27. The highest BCUT2D eigenvalue weighted by molar-refractivity contribution is 4.80. The van der Waals surface area contributed by atoms with Crippen molar-refractivity contribution in [3.63, 3.8) is 0 Å². The Morgan fingerprint density at radius 2 is 1.55 bits per heavy atom. The third-order valence-electron chi connectivity index (χ3n) is 2.75. The van der Waals surface area contributed by atoms with E-state index in [9.17, 15) is 0 Å². The lowest BCUT2D eigenvalue weighted by Crippen LogP contribution is -2.18. The van der Waals surface area contributed by atoms with Gasteiger partial charge in [0.05, 0.1) is 0 Å². The Kier molecular flexibility index (Phi) is 5.62. The average molecular weight is 155 g/mol. The summed E-state index contributed by atoms with van der Waals surface area (Å²) < 4.78 is 0. The molecule has 0 spiro atoms. The molecule has 0 nitrogen and oxygen atoms in total. The van der Waals surface area contributed by atoms with Crippen LogP contribution in [0.25, 0.3) is 0 Å². The topological polar surface area (TPSA) is 0 Å². The minimum atomic E-state index is 0.810. The van der Waals surface area contributed by atoms with Crippen molar-refractivity contribution >= 4 is 0 Å². The summed E-state index contributed by atoms with van der Waals surface area (Å²) in [4.78, 5) is 0. The highest BCUT2D eigenvalue weighted by Crippen LogP contribution is 2.28. The maximum absolute atomic E-state index is 2.38. The Morgan fingerprint density at radius 1 is 1.09 bits per heavy atom. The van der Waals surface area contributed by atoms with Crippen molar-refractivity contribution in [1.82, 2.24) is 0 Å². The minimum absolute atomic E-state index is 0.810. The van der Waals surface area contributed by atoms with Crippen LogP contribution in [0.4, 0.5) is 0 Å². The second kappa shape index (κ2) is 5.62. The Morgan fingerprint density at radius 3 is 1.64 bits per heavy atom. The van der Waals surface area contributed by atoms with Crippen molar-refractivity contribution in [2.45, 2.75) is 47.5 Å². The molecule has 0 aromatic heterocycles. The van der Waals surface area contributed by atoms with Gasteiger partial charge in [-0.2, -0.15) is 12.8 Å². The Hall–Kier alpha value is 0. The van der Waals surface area contributed by atoms with E-state index < -0.39 is 0 Å². The van der Waals surface area contributed by atoms with Crippen molar-refractivity contribution in [3.8, 4) is 0 Å². The quantitative estimate of drug-likeness (QED) is 0.528. The highest BCUT2D eigenvalue weighted by Gasteiger charge is 2.12. The first-order valence-corrected chi connectivity index (χ1v) is 4.96. The van der Waals surface area contributed by atoms with Gasteiger partial charge in [-0.3, -0.25) is 0 Å². The van der Waals surface area contributed by atoms with E-state index in [-0.39, 0.29) is 0 Å². The van der Waals surface area contributed by atoms with E-state index in [1.165, 1.54) is 12.8 Å². The minimum Gasteiger partial charge on any atom is -0.328 e. The van der Waals surface area contributed by atoms with Crippen LogP contribution in [-0.4, -0.2) is 0 Å². The van der Waals surface area contributed by atoms with Crippen LogP contribution >= 0.6 is 0 Å². The molecule has 0 saturated carbocycles. The lowest BCUT2D eigenvalue weighted by molar-refractivity contribution is 0.276. The zero-order valence-corrected chi connectivity index (χ0v) is 8.72. The summed E-state index contributed by atoms with van der Waals surface area (Å²) >= 11 is 0. The molecule has 0 N–H and O–H groups in total. The van der Waals surface area contributed by atoms with Gasteiger partial charge in [-0.05, 0) is 0 Å². The molecule has 0 fully saturated rings. The van der Waals surface area contributed by atoms with Crippen LogP contribution in [0, 0.1) is 24.2 Å². The number of rotatable bonds is 5.